The summed E-state index contributed by atoms with van der Waals surface area (Å²) in [5, 5.41) is 5.17. The molecular weight excluding hydrogens is 325 g/mol. The molecule has 1 aliphatic carbocycles. The van der Waals surface area contributed by atoms with Crippen LogP contribution in [0, 0.1) is 17.2 Å². The zero-order valence-corrected chi connectivity index (χ0v) is 14.7. The van der Waals surface area contributed by atoms with Gasteiger partial charge in [-0.05, 0) is 31.0 Å². The molecule has 7 heteroatoms. The lowest BCUT2D eigenvalue weighted by Crippen LogP contribution is -2.81. The molecule has 2 fully saturated rings. The van der Waals surface area contributed by atoms with Gasteiger partial charge in [0.15, 0.2) is 0 Å². The minimum atomic E-state index is -1.13. The van der Waals surface area contributed by atoms with Crippen molar-refractivity contribution in [1.29, 1.82) is 0 Å². The van der Waals surface area contributed by atoms with Crippen molar-refractivity contribution >= 4 is 23.2 Å². The van der Waals surface area contributed by atoms with Crippen molar-refractivity contribution in [3.05, 3.63) is 24.0 Å². The van der Waals surface area contributed by atoms with Crippen molar-refractivity contribution < 1.29 is 18.7 Å². The highest BCUT2D eigenvalue weighted by Crippen LogP contribution is 2.57. The Morgan fingerprint density at radius 1 is 1.32 bits per heavy atom. The molecule has 2 aliphatic rings. The maximum atomic E-state index is 14.1. The lowest BCUT2D eigenvalue weighted by atomic mass is 9.46. The van der Waals surface area contributed by atoms with E-state index >= 15 is 0 Å². The van der Waals surface area contributed by atoms with Gasteiger partial charge in [-0.25, -0.2) is 4.39 Å². The summed E-state index contributed by atoms with van der Waals surface area (Å²) in [4.78, 5) is 24.1. The maximum absolute atomic E-state index is 14.1. The average molecular weight is 349 g/mol. The van der Waals surface area contributed by atoms with Gasteiger partial charge in [0, 0.05) is 30.6 Å². The molecular formula is C18H24FN3O3. The van der Waals surface area contributed by atoms with Crippen LogP contribution in [0.4, 0.5) is 15.8 Å². The number of rotatable bonds is 3. The molecule has 0 bridgehead atoms. The van der Waals surface area contributed by atoms with Crippen LogP contribution in [0.25, 0.3) is 0 Å². The predicted octanol–water partition coefficient (Wildman–Crippen LogP) is 2.26. The number of carbonyl (C=O) groups excluding carboxylic acids is 2. The van der Waals surface area contributed by atoms with Crippen molar-refractivity contribution in [1.82, 2.24) is 0 Å². The number of halogens is 1. The Morgan fingerprint density at radius 3 is 2.72 bits per heavy atom. The van der Waals surface area contributed by atoms with Crippen LogP contribution in [0.5, 0.6) is 0 Å². The van der Waals surface area contributed by atoms with E-state index in [1.807, 2.05) is 13.8 Å². The van der Waals surface area contributed by atoms with E-state index in [0.717, 1.165) is 12.8 Å². The van der Waals surface area contributed by atoms with Crippen LogP contribution in [0.1, 0.15) is 33.6 Å². The first-order valence-electron chi connectivity index (χ1n) is 8.47. The van der Waals surface area contributed by atoms with Gasteiger partial charge >= 0.3 is 0 Å². The molecule has 1 saturated carbocycles. The van der Waals surface area contributed by atoms with Crippen molar-refractivity contribution in [3.63, 3.8) is 0 Å². The molecule has 1 aromatic rings. The fourth-order valence-corrected chi connectivity index (χ4v) is 4.16. The van der Waals surface area contributed by atoms with Gasteiger partial charge in [0.25, 0.3) is 0 Å². The zero-order chi connectivity index (χ0) is 18.4. The lowest BCUT2D eigenvalue weighted by molar-refractivity contribution is -0.222. The Morgan fingerprint density at radius 2 is 2.04 bits per heavy atom. The average Bonchev–Trinajstić information content (AvgIpc) is 2.56. The van der Waals surface area contributed by atoms with E-state index in [9.17, 15) is 14.0 Å². The van der Waals surface area contributed by atoms with Gasteiger partial charge in [-0.15, -0.1) is 0 Å². The summed E-state index contributed by atoms with van der Waals surface area (Å²) in [5.74, 6) is -1.37. The second-order valence-electron chi connectivity index (χ2n) is 7.46. The summed E-state index contributed by atoms with van der Waals surface area (Å²) < 4.78 is 19.9. The second-order valence-corrected chi connectivity index (χ2v) is 7.46. The molecule has 1 heterocycles. The van der Waals surface area contributed by atoms with E-state index in [4.69, 9.17) is 10.5 Å². The minimum Gasteiger partial charge on any atom is -0.377 e. The Labute approximate surface area is 146 Å². The van der Waals surface area contributed by atoms with Gasteiger partial charge in [-0.3, -0.25) is 9.59 Å². The number of hydrogen-bond acceptors (Lipinski definition) is 4. The molecule has 25 heavy (non-hydrogen) atoms. The molecule has 0 aromatic heterocycles. The Bertz CT molecular complexity index is 722. The fraction of sp³-hybridized carbons (Fsp3) is 0.556. The van der Waals surface area contributed by atoms with Crippen LogP contribution in [-0.4, -0.2) is 30.1 Å². The molecule has 1 saturated heterocycles. The van der Waals surface area contributed by atoms with Crippen molar-refractivity contribution in [3.8, 4) is 0 Å². The highest BCUT2D eigenvalue weighted by molar-refractivity contribution is 6.01. The Hall–Kier alpha value is -1.99. The van der Waals surface area contributed by atoms with Crippen LogP contribution in [0.3, 0.4) is 0 Å². The molecule has 2 amide bonds. The molecule has 136 valence electrons. The van der Waals surface area contributed by atoms with E-state index in [1.165, 1.54) is 25.1 Å². The highest BCUT2D eigenvalue weighted by atomic mass is 19.1. The summed E-state index contributed by atoms with van der Waals surface area (Å²) in [7, 11) is 0. The number of ether oxygens (including phenoxy) is 1. The number of nitrogens with one attached hydrogen (secondary N) is 2. The monoisotopic (exact) mass is 349 g/mol. The standard InChI is InChI=1S/C18H24FN3O3/c1-10(23)21-11-6-7-13(19)14(9-11)22-16(24)18(20)12-5-4-8-25-15(12)17(18,2)3/h6-7,9,12,15H,4-5,8,20H2,1-3H3,(H,21,23)(H,22,24). The Kier molecular flexibility index (Phi) is 4.33. The van der Waals surface area contributed by atoms with E-state index in [-0.39, 0.29) is 23.6 Å². The SMILES string of the molecule is CC(=O)Nc1ccc(F)c(NC(=O)C2(N)C3CCCOC3C2(C)C)c1. The second kappa shape index (κ2) is 6.07. The molecule has 3 atom stereocenters. The number of nitrogens with two attached hydrogens (primary N) is 1. The largest absolute Gasteiger partial charge is 0.377 e. The molecule has 3 rings (SSSR count). The summed E-state index contributed by atoms with van der Waals surface area (Å²) in [5.41, 5.74) is 5.23. The first-order valence-corrected chi connectivity index (χ1v) is 8.47. The van der Waals surface area contributed by atoms with Crippen molar-refractivity contribution in [2.24, 2.45) is 17.1 Å². The summed E-state index contributed by atoms with van der Waals surface area (Å²) in [6.45, 7) is 5.85. The molecule has 0 radical (unpaired) electrons. The predicted molar refractivity (Wildman–Crippen MR) is 92.5 cm³/mol. The number of amides is 2. The number of carbonyl (C=O) groups is 2. The third kappa shape index (κ3) is 2.71. The van der Waals surface area contributed by atoms with Gasteiger partial charge in [-0.1, -0.05) is 13.8 Å². The highest BCUT2D eigenvalue weighted by Gasteiger charge is 2.70. The minimum absolute atomic E-state index is 0.00273. The van der Waals surface area contributed by atoms with Crippen molar-refractivity contribution in [2.75, 3.05) is 17.2 Å². The normalized spacial score (nSPS) is 30.0. The maximum Gasteiger partial charge on any atom is 0.245 e. The first kappa shape index (κ1) is 17.8. The number of hydrogen-bond donors (Lipinski definition) is 3. The number of benzene rings is 1. The van der Waals surface area contributed by atoms with E-state index in [0.29, 0.717) is 12.3 Å². The smallest absolute Gasteiger partial charge is 0.245 e. The quantitative estimate of drug-likeness (QED) is 0.780. The molecule has 6 nitrogen and oxygen atoms in total. The number of fused-ring (bicyclic) bond motifs is 1. The topological polar surface area (TPSA) is 93.5 Å². The van der Waals surface area contributed by atoms with Gasteiger partial charge < -0.3 is 21.1 Å². The summed E-state index contributed by atoms with van der Waals surface area (Å²) in [6, 6.07) is 4.02. The van der Waals surface area contributed by atoms with Crippen LogP contribution in [0.15, 0.2) is 18.2 Å². The summed E-state index contributed by atoms with van der Waals surface area (Å²) in [6.07, 6.45) is 1.61. The molecule has 1 aromatic carbocycles. The van der Waals surface area contributed by atoms with E-state index in [1.54, 1.807) is 0 Å². The van der Waals surface area contributed by atoms with Gasteiger partial charge in [0.2, 0.25) is 11.8 Å². The zero-order valence-electron chi connectivity index (χ0n) is 14.7. The molecule has 4 N–H and O–H groups in total. The van der Waals surface area contributed by atoms with Gasteiger partial charge in [-0.2, -0.15) is 0 Å². The fourth-order valence-electron chi connectivity index (χ4n) is 4.16. The van der Waals surface area contributed by atoms with Crippen LogP contribution < -0.4 is 16.4 Å². The van der Waals surface area contributed by atoms with Gasteiger partial charge in [0.1, 0.15) is 11.4 Å². The first-order chi connectivity index (χ1) is 11.7. The summed E-state index contributed by atoms with van der Waals surface area (Å²) >= 11 is 0. The third-order valence-corrected chi connectivity index (χ3v) is 5.60. The molecule has 3 unspecified atom stereocenters. The molecule has 0 spiro atoms. The number of anilines is 2. The van der Waals surface area contributed by atoms with Gasteiger partial charge in [0.05, 0.1) is 11.8 Å². The van der Waals surface area contributed by atoms with E-state index in [2.05, 4.69) is 10.6 Å². The lowest BCUT2D eigenvalue weighted by Gasteiger charge is -2.65. The van der Waals surface area contributed by atoms with Crippen LogP contribution >= 0.6 is 0 Å². The third-order valence-electron chi connectivity index (χ3n) is 5.60. The van der Waals surface area contributed by atoms with Crippen molar-refractivity contribution in [2.45, 2.75) is 45.3 Å². The Balaban J connectivity index is 1.83. The van der Waals surface area contributed by atoms with Crippen LogP contribution in [-0.2, 0) is 14.3 Å². The van der Waals surface area contributed by atoms with Crippen LogP contribution in [0.2, 0.25) is 0 Å². The van der Waals surface area contributed by atoms with E-state index < -0.39 is 22.7 Å². The molecule has 1 aliphatic heterocycles.